The molecule has 2 heterocycles. The predicted octanol–water partition coefficient (Wildman–Crippen LogP) is -2.24. The van der Waals surface area contributed by atoms with Gasteiger partial charge < -0.3 is 20.4 Å². The van der Waals surface area contributed by atoms with E-state index in [-0.39, 0.29) is 19.3 Å². The van der Waals surface area contributed by atoms with Gasteiger partial charge in [0.1, 0.15) is 12.3 Å². The molecule has 0 aliphatic carbocycles. The average molecular weight is 232 g/mol. The number of β-amino-alcohol motifs (C(OH)–C–C–N with tert-alkyl or cyclic N) is 1. The van der Waals surface area contributed by atoms with Crippen LogP contribution >= 0.6 is 0 Å². The number of aliphatic hydroxyl groups is 4. The van der Waals surface area contributed by atoms with Crippen molar-refractivity contribution in [1.82, 2.24) is 9.80 Å². The van der Waals surface area contributed by atoms with E-state index in [9.17, 15) is 15.3 Å². The van der Waals surface area contributed by atoms with Crippen molar-refractivity contribution in [3.05, 3.63) is 0 Å². The predicted molar refractivity (Wildman–Crippen MR) is 56.4 cm³/mol. The quantitative estimate of drug-likeness (QED) is 0.440. The lowest BCUT2D eigenvalue weighted by Gasteiger charge is -2.35. The SMILES string of the molecule is OC[C@H](O)N1CC(O)C(O)C1N1CCCC1. The molecule has 0 aromatic carbocycles. The summed E-state index contributed by atoms with van der Waals surface area (Å²) >= 11 is 0. The van der Waals surface area contributed by atoms with Gasteiger partial charge in [0.25, 0.3) is 0 Å². The van der Waals surface area contributed by atoms with E-state index in [0.29, 0.717) is 0 Å². The van der Waals surface area contributed by atoms with E-state index in [4.69, 9.17) is 5.11 Å². The van der Waals surface area contributed by atoms with Crippen LogP contribution in [-0.4, -0.2) is 81.1 Å². The lowest BCUT2D eigenvalue weighted by Crippen LogP contribution is -2.53. The topological polar surface area (TPSA) is 87.4 Å². The molecule has 2 saturated heterocycles. The fourth-order valence-corrected chi connectivity index (χ4v) is 2.66. The molecule has 0 amide bonds. The van der Waals surface area contributed by atoms with Crippen molar-refractivity contribution < 1.29 is 20.4 Å². The van der Waals surface area contributed by atoms with Crippen LogP contribution in [0.25, 0.3) is 0 Å². The molecule has 6 heteroatoms. The van der Waals surface area contributed by atoms with Crippen molar-refractivity contribution in [2.24, 2.45) is 0 Å². The third-order valence-electron chi connectivity index (χ3n) is 3.50. The van der Waals surface area contributed by atoms with Gasteiger partial charge in [0, 0.05) is 6.54 Å². The average Bonchev–Trinajstić information content (AvgIpc) is 2.87. The molecule has 0 spiro atoms. The zero-order valence-corrected chi connectivity index (χ0v) is 9.24. The van der Waals surface area contributed by atoms with Crippen LogP contribution in [0.4, 0.5) is 0 Å². The van der Waals surface area contributed by atoms with Gasteiger partial charge in [-0.1, -0.05) is 0 Å². The highest BCUT2D eigenvalue weighted by Gasteiger charge is 2.45. The summed E-state index contributed by atoms with van der Waals surface area (Å²) in [6.45, 7) is 1.54. The molecular weight excluding hydrogens is 212 g/mol. The van der Waals surface area contributed by atoms with Crippen molar-refractivity contribution in [1.29, 1.82) is 0 Å². The first-order valence-electron chi connectivity index (χ1n) is 5.80. The summed E-state index contributed by atoms with van der Waals surface area (Å²) in [6.07, 6.45) is -0.978. The maximum absolute atomic E-state index is 9.91. The van der Waals surface area contributed by atoms with Crippen molar-refractivity contribution in [3.63, 3.8) is 0 Å². The summed E-state index contributed by atoms with van der Waals surface area (Å²) in [5.74, 6) is 0. The Bertz CT molecular complexity index is 235. The first-order valence-corrected chi connectivity index (χ1v) is 5.80. The molecule has 2 rings (SSSR count). The number of nitrogens with zero attached hydrogens (tertiary/aromatic N) is 2. The van der Waals surface area contributed by atoms with Crippen LogP contribution < -0.4 is 0 Å². The molecule has 0 aromatic heterocycles. The summed E-state index contributed by atoms with van der Waals surface area (Å²) in [4.78, 5) is 3.63. The maximum atomic E-state index is 9.91. The Balaban J connectivity index is 2.10. The van der Waals surface area contributed by atoms with Crippen LogP contribution in [-0.2, 0) is 0 Å². The number of aliphatic hydroxyl groups excluding tert-OH is 4. The third kappa shape index (κ3) is 2.09. The second-order valence-corrected chi connectivity index (χ2v) is 4.57. The molecule has 0 bridgehead atoms. The second-order valence-electron chi connectivity index (χ2n) is 4.57. The molecule has 2 aliphatic heterocycles. The van der Waals surface area contributed by atoms with Crippen molar-refractivity contribution in [2.45, 2.75) is 37.4 Å². The van der Waals surface area contributed by atoms with Gasteiger partial charge >= 0.3 is 0 Å². The van der Waals surface area contributed by atoms with Gasteiger partial charge in [0.15, 0.2) is 0 Å². The lowest BCUT2D eigenvalue weighted by molar-refractivity contribution is -0.0943. The fourth-order valence-electron chi connectivity index (χ4n) is 2.66. The summed E-state index contributed by atoms with van der Waals surface area (Å²) in [6, 6.07) is 0. The van der Waals surface area contributed by atoms with E-state index >= 15 is 0 Å². The monoisotopic (exact) mass is 232 g/mol. The van der Waals surface area contributed by atoms with Gasteiger partial charge in [-0.15, -0.1) is 0 Å². The Morgan fingerprint density at radius 3 is 2.38 bits per heavy atom. The normalized spacial score (nSPS) is 39.4. The van der Waals surface area contributed by atoms with Crippen molar-refractivity contribution in [3.8, 4) is 0 Å². The molecule has 0 aromatic rings. The highest BCUT2D eigenvalue weighted by molar-refractivity contribution is 4.95. The highest BCUT2D eigenvalue weighted by atomic mass is 16.4. The van der Waals surface area contributed by atoms with Gasteiger partial charge in [-0.25, -0.2) is 0 Å². The van der Waals surface area contributed by atoms with E-state index in [2.05, 4.69) is 4.90 Å². The van der Waals surface area contributed by atoms with Gasteiger partial charge in [-0.05, 0) is 25.9 Å². The third-order valence-corrected chi connectivity index (χ3v) is 3.50. The summed E-state index contributed by atoms with van der Waals surface area (Å²) in [5, 5.41) is 38.1. The highest BCUT2D eigenvalue weighted by Crippen LogP contribution is 2.26. The van der Waals surface area contributed by atoms with E-state index < -0.39 is 18.4 Å². The Labute approximate surface area is 94.7 Å². The fraction of sp³-hybridized carbons (Fsp3) is 1.00. The second kappa shape index (κ2) is 4.95. The summed E-state index contributed by atoms with van der Waals surface area (Å²) in [7, 11) is 0. The van der Waals surface area contributed by atoms with Crippen LogP contribution in [0.2, 0.25) is 0 Å². The number of likely N-dealkylation sites (tertiary alicyclic amines) is 2. The molecule has 3 unspecified atom stereocenters. The molecule has 0 radical (unpaired) electrons. The molecule has 2 aliphatic rings. The minimum atomic E-state index is -1.02. The molecule has 0 saturated carbocycles. The van der Waals surface area contributed by atoms with Crippen molar-refractivity contribution >= 4 is 0 Å². The molecule has 4 atom stereocenters. The van der Waals surface area contributed by atoms with Crippen LogP contribution in [0.3, 0.4) is 0 Å². The zero-order valence-electron chi connectivity index (χ0n) is 9.24. The smallest absolute Gasteiger partial charge is 0.132 e. The van der Waals surface area contributed by atoms with Gasteiger partial charge in [-0.2, -0.15) is 0 Å². The molecule has 94 valence electrons. The van der Waals surface area contributed by atoms with E-state index in [1.807, 2.05) is 0 Å². The number of rotatable bonds is 3. The Hall–Kier alpha value is -0.240. The summed E-state index contributed by atoms with van der Waals surface area (Å²) < 4.78 is 0. The Kier molecular flexibility index (Phi) is 3.78. The lowest BCUT2D eigenvalue weighted by atomic mass is 10.2. The minimum absolute atomic E-state index is 0.198. The molecular formula is C10H20N2O4. The van der Waals surface area contributed by atoms with E-state index in [1.165, 1.54) is 0 Å². The van der Waals surface area contributed by atoms with Gasteiger partial charge in [-0.3, -0.25) is 9.80 Å². The molecule has 4 N–H and O–H groups in total. The van der Waals surface area contributed by atoms with E-state index in [0.717, 1.165) is 25.9 Å². The Morgan fingerprint density at radius 2 is 1.81 bits per heavy atom. The van der Waals surface area contributed by atoms with Crippen molar-refractivity contribution in [2.75, 3.05) is 26.2 Å². The van der Waals surface area contributed by atoms with Crippen LogP contribution in [0, 0.1) is 0 Å². The molecule has 6 nitrogen and oxygen atoms in total. The minimum Gasteiger partial charge on any atom is -0.392 e. The first kappa shape index (κ1) is 12.2. The summed E-state index contributed by atoms with van der Waals surface area (Å²) in [5.41, 5.74) is 0. The molecule has 16 heavy (non-hydrogen) atoms. The molecule has 2 fully saturated rings. The van der Waals surface area contributed by atoms with Gasteiger partial charge in [0.05, 0.1) is 18.9 Å². The number of hydrogen-bond donors (Lipinski definition) is 4. The maximum Gasteiger partial charge on any atom is 0.132 e. The Morgan fingerprint density at radius 1 is 1.19 bits per heavy atom. The number of hydrogen-bond acceptors (Lipinski definition) is 6. The van der Waals surface area contributed by atoms with Crippen LogP contribution in [0.15, 0.2) is 0 Å². The standard InChI is InChI=1S/C10H20N2O4/c13-6-8(15)12-5-7(14)9(16)10(12)11-3-1-2-4-11/h7-10,13-16H,1-6H2/t7?,8-,9?,10?/m0/s1. The largest absolute Gasteiger partial charge is 0.392 e. The zero-order chi connectivity index (χ0) is 11.7. The van der Waals surface area contributed by atoms with Crippen LogP contribution in [0.1, 0.15) is 12.8 Å². The van der Waals surface area contributed by atoms with Gasteiger partial charge in [0.2, 0.25) is 0 Å². The van der Waals surface area contributed by atoms with Crippen LogP contribution in [0.5, 0.6) is 0 Å². The van der Waals surface area contributed by atoms with E-state index in [1.54, 1.807) is 4.90 Å². The first-order chi connectivity index (χ1) is 7.65.